The standard InChI is InChI=1S/C23H46O2/c1-4-6-8-10-12-14-16-18-22(20-21-23(24)25-3)19-17-15-13-11-9-7-5-2/h22H,4-21H2,1-3H3. The van der Waals surface area contributed by atoms with Crippen LogP contribution in [0.4, 0.5) is 0 Å². The Morgan fingerprint density at radius 1 is 0.640 bits per heavy atom. The third-order valence-electron chi connectivity index (χ3n) is 5.42. The monoisotopic (exact) mass is 354 g/mol. The van der Waals surface area contributed by atoms with Crippen molar-refractivity contribution in [1.29, 1.82) is 0 Å². The molecule has 0 atom stereocenters. The van der Waals surface area contributed by atoms with Gasteiger partial charge in [-0.05, 0) is 12.3 Å². The Hall–Kier alpha value is -0.530. The van der Waals surface area contributed by atoms with E-state index in [0.29, 0.717) is 6.42 Å². The molecule has 0 spiro atoms. The van der Waals surface area contributed by atoms with Crippen molar-refractivity contribution in [2.45, 2.75) is 129 Å². The van der Waals surface area contributed by atoms with Crippen molar-refractivity contribution in [2.75, 3.05) is 7.11 Å². The molecule has 0 aromatic heterocycles. The lowest BCUT2D eigenvalue weighted by atomic mass is 9.90. The van der Waals surface area contributed by atoms with Gasteiger partial charge in [-0.2, -0.15) is 0 Å². The highest BCUT2D eigenvalue weighted by molar-refractivity contribution is 5.69. The molecule has 0 amide bonds. The lowest BCUT2D eigenvalue weighted by molar-refractivity contribution is -0.141. The summed E-state index contributed by atoms with van der Waals surface area (Å²) in [5, 5.41) is 0. The van der Waals surface area contributed by atoms with E-state index in [2.05, 4.69) is 13.8 Å². The molecule has 0 aliphatic heterocycles. The first-order valence-electron chi connectivity index (χ1n) is 11.3. The zero-order chi connectivity index (χ0) is 18.6. The largest absolute Gasteiger partial charge is 0.469 e. The van der Waals surface area contributed by atoms with Crippen LogP contribution in [0, 0.1) is 5.92 Å². The molecule has 0 rings (SSSR count). The molecule has 0 fully saturated rings. The summed E-state index contributed by atoms with van der Waals surface area (Å²) < 4.78 is 4.82. The van der Waals surface area contributed by atoms with Gasteiger partial charge in [0, 0.05) is 6.42 Å². The topological polar surface area (TPSA) is 26.3 Å². The van der Waals surface area contributed by atoms with Crippen molar-refractivity contribution in [1.82, 2.24) is 0 Å². The molecule has 0 aromatic rings. The van der Waals surface area contributed by atoms with Crippen LogP contribution >= 0.6 is 0 Å². The summed E-state index contributed by atoms with van der Waals surface area (Å²) in [5.74, 6) is 0.689. The second kappa shape index (κ2) is 19.8. The molecule has 0 aliphatic carbocycles. The van der Waals surface area contributed by atoms with Crippen LogP contribution < -0.4 is 0 Å². The van der Waals surface area contributed by atoms with Crippen molar-refractivity contribution in [3.63, 3.8) is 0 Å². The van der Waals surface area contributed by atoms with Gasteiger partial charge in [0.1, 0.15) is 0 Å². The Labute approximate surface area is 158 Å². The van der Waals surface area contributed by atoms with E-state index in [9.17, 15) is 4.79 Å². The molecule has 0 N–H and O–H groups in total. The van der Waals surface area contributed by atoms with Gasteiger partial charge in [-0.15, -0.1) is 0 Å². The highest BCUT2D eigenvalue weighted by Crippen LogP contribution is 2.23. The second-order valence-electron chi connectivity index (χ2n) is 7.80. The van der Waals surface area contributed by atoms with Crippen molar-refractivity contribution < 1.29 is 9.53 Å². The third kappa shape index (κ3) is 18.1. The van der Waals surface area contributed by atoms with E-state index >= 15 is 0 Å². The van der Waals surface area contributed by atoms with Gasteiger partial charge in [0.15, 0.2) is 0 Å². The highest BCUT2D eigenvalue weighted by atomic mass is 16.5. The van der Waals surface area contributed by atoms with Crippen LogP contribution in [0.1, 0.15) is 129 Å². The van der Waals surface area contributed by atoms with E-state index in [1.165, 1.54) is 110 Å². The molecule has 150 valence electrons. The molecule has 2 heteroatoms. The quantitative estimate of drug-likeness (QED) is 0.174. The van der Waals surface area contributed by atoms with Crippen molar-refractivity contribution >= 4 is 5.97 Å². The molecule has 0 saturated carbocycles. The smallest absolute Gasteiger partial charge is 0.305 e. The maximum atomic E-state index is 11.4. The highest BCUT2D eigenvalue weighted by Gasteiger charge is 2.11. The summed E-state index contributed by atoms with van der Waals surface area (Å²) in [6.07, 6.45) is 23.5. The lowest BCUT2D eigenvalue weighted by Gasteiger charge is -2.16. The zero-order valence-corrected chi connectivity index (χ0v) is 17.6. The summed E-state index contributed by atoms with van der Waals surface area (Å²) in [6, 6.07) is 0. The Balaban J connectivity index is 3.80. The minimum atomic E-state index is -0.0378. The first kappa shape index (κ1) is 24.5. The maximum Gasteiger partial charge on any atom is 0.305 e. The number of hydrogen-bond acceptors (Lipinski definition) is 2. The normalized spacial score (nSPS) is 11.2. The van der Waals surface area contributed by atoms with E-state index in [1.54, 1.807) is 0 Å². The van der Waals surface area contributed by atoms with Crippen LogP contribution in [0.2, 0.25) is 0 Å². The van der Waals surface area contributed by atoms with Gasteiger partial charge in [-0.3, -0.25) is 4.79 Å². The van der Waals surface area contributed by atoms with E-state index in [1.807, 2.05) is 0 Å². The molecule has 0 aromatic carbocycles. The van der Waals surface area contributed by atoms with Crippen molar-refractivity contribution in [3.05, 3.63) is 0 Å². The van der Waals surface area contributed by atoms with Gasteiger partial charge in [-0.1, -0.05) is 117 Å². The fraction of sp³-hybridized carbons (Fsp3) is 0.957. The van der Waals surface area contributed by atoms with Crippen LogP contribution in [-0.4, -0.2) is 13.1 Å². The van der Waals surface area contributed by atoms with Crippen LogP contribution in [0.25, 0.3) is 0 Å². The van der Waals surface area contributed by atoms with Gasteiger partial charge < -0.3 is 4.74 Å². The van der Waals surface area contributed by atoms with Crippen molar-refractivity contribution in [2.24, 2.45) is 5.92 Å². The van der Waals surface area contributed by atoms with Gasteiger partial charge in [0.25, 0.3) is 0 Å². The predicted molar refractivity (Wildman–Crippen MR) is 110 cm³/mol. The Bertz CT molecular complexity index is 257. The Morgan fingerprint density at radius 3 is 1.44 bits per heavy atom. The van der Waals surface area contributed by atoms with Crippen LogP contribution in [0.5, 0.6) is 0 Å². The van der Waals surface area contributed by atoms with Crippen molar-refractivity contribution in [3.8, 4) is 0 Å². The predicted octanol–water partition coefficient (Wildman–Crippen LogP) is 7.84. The van der Waals surface area contributed by atoms with Gasteiger partial charge in [0.2, 0.25) is 0 Å². The molecule has 0 saturated heterocycles. The molecule has 0 aliphatic rings. The molecule has 25 heavy (non-hydrogen) atoms. The Morgan fingerprint density at radius 2 is 1.04 bits per heavy atom. The number of carbonyl (C=O) groups excluding carboxylic acids is 1. The average molecular weight is 355 g/mol. The van der Waals surface area contributed by atoms with Crippen LogP contribution in [0.15, 0.2) is 0 Å². The first-order chi connectivity index (χ1) is 12.2. The molecule has 0 bridgehead atoms. The second-order valence-corrected chi connectivity index (χ2v) is 7.80. The number of esters is 1. The molecular formula is C23H46O2. The molecule has 0 unspecified atom stereocenters. The molecular weight excluding hydrogens is 308 g/mol. The minimum absolute atomic E-state index is 0.0378. The fourth-order valence-electron chi connectivity index (χ4n) is 3.64. The van der Waals surface area contributed by atoms with Crippen LogP contribution in [-0.2, 0) is 9.53 Å². The van der Waals surface area contributed by atoms with Gasteiger partial charge >= 0.3 is 5.97 Å². The Kier molecular flexibility index (Phi) is 19.4. The van der Waals surface area contributed by atoms with Crippen LogP contribution in [0.3, 0.4) is 0 Å². The number of rotatable bonds is 19. The van der Waals surface area contributed by atoms with E-state index in [4.69, 9.17) is 4.74 Å². The van der Waals surface area contributed by atoms with E-state index < -0.39 is 0 Å². The van der Waals surface area contributed by atoms with Gasteiger partial charge in [-0.25, -0.2) is 0 Å². The first-order valence-corrected chi connectivity index (χ1v) is 11.3. The number of hydrogen-bond donors (Lipinski definition) is 0. The molecule has 0 radical (unpaired) electrons. The summed E-state index contributed by atoms with van der Waals surface area (Å²) in [7, 11) is 1.50. The number of methoxy groups -OCH3 is 1. The number of ether oxygens (including phenoxy) is 1. The minimum Gasteiger partial charge on any atom is -0.469 e. The summed E-state index contributed by atoms with van der Waals surface area (Å²) in [6.45, 7) is 4.55. The zero-order valence-electron chi connectivity index (χ0n) is 17.6. The molecule has 2 nitrogen and oxygen atoms in total. The number of carbonyl (C=O) groups is 1. The summed E-state index contributed by atoms with van der Waals surface area (Å²) >= 11 is 0. The SMILES string of the molecule is CCCCCCCCCC(CCCCCCCCC)CCC(=O)OC. The molecule has 0 heterocycles. The average Bonchev–Trinajstić information content (AvgIpc) is 2.63. The van der Waals surface area contributed by atoms with E-state index in [-0.39, 0.29) is 5.97 Å². The fourth-order valence-corrected chi connectivity index (χ4v) is 3.64. The maximum absolute atomic E-state index is 11.4. The number of unbranched alkanes of at least 4 members (excludes halogenated alkanes) is 12. The van der Waals surface area contributed by atoms with E-state index in [0.717, 1.165) is 12.3 Å². The van der Waals surface area contributed by atoms with Gasteiger partial charge in [0.05, 0.1) is 7.11 Å². The summed E-state index contributed by atoms with van der Waals surface area (Å²) in [5.41, 5.74) is 0. The summed E-state index contributed by atoms with van der Waals surface area (Å²) in [4.78, 5) is 11.4. The third-order valence-corrected chi connectivity index (χ3v) is 5.42. The lowest BCUT2D eigenvalue weighted by Crippen LogP contribution is -2.07.